The Hall–Kier alpha value is -0.870. The van der Waals surface area contributed by atoms with Gasteiger partial charge in [-0.2, -0.15) is 0 Å². The van der Waals surface area contributed by atoms with Crippen LogP contribution in [0.15, 0.2) is 30.3 Å². The van der Waals surface area contributed by atoms with E-state index in [2.05, 4.69) is 0 Å². The van der Waals surface area contributed by atoms with Gasteiger partial charge in [0.05, 0.1) is 6.04 Å². The molecule has 2 N–H and O–H groups in total. The molecule has 100 valence electrons. The van der Waals surface area contributed by atoms with Gasteiger partial charge in [-0.05, 0) is 29.8 Å². The Morgan fingerprint density at radius 2 is 1.42 bits per heavy atom. The molecule has 0 amide bonds. The first-order valence-electron chi connectivity index (χ1n) is 5.25. The summed E-state index contributed by atoms with van der Waals surface area (Å²) in [6.07, 6.45) is 0. The normalized spacial score (nSPS) is 12.5. The van der Waals surface area contributed by atoms with Crippen molar-refractivity contribution >= 4 is 34.8 Å². The molecule has 0 radical (unpaired) electrons. The van der Waals surface area contributed by atoms with Crippen LogP contribution in [0.3, 0.4) is 0 Å². The third-order valence-corrected chi connectivity index (χ3v) is 3.67. The average molecular weight is 323 g/mol. The molecule has 19 heavy (non-hydrogen) atoms. The van der Waals surface area contributed by atoms with Crippen LogP contribution in [0.2, 0.25) is 15.1 Å². The highest BCUT2D eigenvalue weighted by Crippen LogP contribution is 2.35. The summed E-state index contributed by atoms with van der Waals surface area (Å²) in [5.74, 6) is -2.07. The summed E-state index contributed by atoms with van der Waals surface area (Å²) >= 11 is 17.9. The molecule has 6 heteroatoms. The Morgan fingerprint density at radius 3 is 2.00 bits per heavy atom. The lowest BCUT2D eigenvalue weighted by molar-refractivity contribution is 0.506. The van der Waals surface area contributed by atoms with Gasteiger partial charge >= 0.3 is 0 Å². The number of hydrogen-bond donors (Lipinski definition) is 1. The summed E-state index contributed by atoms with van der Waals surface area (Å²) in [5.41, 5.74) is 6.63. The summed E-state index contributed by atoms with van der Waals surface area (Å²) in [4.78, 5) is 0. The third kappa shape index (κ3) is 2.84. The number of hydrogen-bond acceptors (Lipinski definition) is 1. The van der Waals surface area contributed by atoms with Crippen molar-refractivity contribution in [2.75, 3.05) is 0 Å². The van der Waals surface area contributed by atoms with Gasteiger partial charge in [-0.25, -0.2) is 8.78 Å². The van der Waals surface area contributed by atoms with Crippen molar-refractivity contribution in [1.82, 2.24) is 0 Å². The van der Waals surface area contributed by atoms with Crippen LogP contribution in [0.25, 0.3) is 0 Å². The van der Waals surface area contributed by atoms with E-state index in [9.17, 15) is 8.78 Å². The molecular weight excluding hydrogens is 315 g/mol. The van der Waals surface area contributed by atoms with Gasteiger partial charge in [0.1, 0.15) is 0 Å². The first kappa shape index (κ1) is 14.5. The molecule has 0 bridgehead atoms. The molecular formula is C13H8Cl3F2N. The second-order valence-corrected chi connectivity index (χ2v) is 5.12. The van der Waals surface area contributed by atoms with Gasteiger partial charge in [0.25, 0.3) is 0 Å². The first-order chi connectivity index (χ1) is 8.91. The fourth-order valence-electron chi connectivity index (χ4n) is 1.74. The smallest absolute Gasteiger partial charge is 0.160 e. The summed E-state index contributed by atoms with van der Waals surface area (Å²) in [6.45, 7) is 0. The van der Waals surface area contributed by atoms with Crippen LogP contribution >= 0.6 is 34.8 Å². The standard InChI is InChI=1S/C13H8Cl3F2N/c14-7-2-1-3-8(15)12(7)13(19)6-4-10(17)11(18)5-9(6)16/h1-5,13H,19H2. The average Bonchev–Trinajstić information content (AvgIpc) is 2.33. The summed E-state index contributed by atoms with van der Waals surface area (Å²) in [5, 5.41) is 0.684. The van der Waals surface area contributed by atoms with Crippen LogP contribution in [-0.4, -0.2) is 0 Å². The lowest BCUT2D eigenvalue weighted by atomic mass is 9.99. The van der Waals surface area contributed by atoms with Crippen LogP contribution in [0, 0.1) is 11.6 Å². The van der Waals surface area contributed by atoms with Gasteiger partial charge in [0.2, 0.25) is 0 Å². The monoisotopic (exact) mass is 321 g/mol. The van der Waals surface area contributed by atoms with Crippen molar-refractivity contribution in [2.45, 2.75) is 6.04 Å². The highest BCUT2D eigenvalue weighted by Gasteiger charge is 2.20. The van der Waals surface area contributed by atoms with Crippen molar-refractivity contribution in [2.24, 2.45) is 5.73 Å². The molecule has 0 fully saturated rings. The van der Waals surface area contributed by atoms with E-state index in [0.29, 0.717) is 15.6 Å². The largest absolute Gasteiger partial charge is 0.320 e. The van der Waals surface area contributed by atoms with Crippen molar-refractivity contribution < 1.29 is 8.78 Å². The molecule has 0 aromatic heterocycles. The molecule has 0 spiro atoms. The molecule has 0 saturated heterocycles. The minimum Gasteiger partial charge on any atom is -0.320 e. The Balaban J connectivity index is 2.56. The van der Waals surface area contributed by atoms with Gasteiger partial charge in [-0.15, -0.1) is 0 Å². The number of halogens is 5. The van der Waals surface area contributed by atoms with E-state index >= 15 is 0 Å². The van der Waals surface area contributed by atoms with Gasteiger partial charge < -0.3 is 5.73 Å². The summed E-state index contributed by atoms with van der Waals surface area (Å²) in [6, 6.07) is 5.85. The summed E-state index contributed by atoms with van der Waals surface area (Å²) < 4.78 is 26.3. The molecule has 0 aliphatic carbocycles. The van der Waals surface area contributed by atoms with Crippen LogP contribution in [0.4, 0.5) is 8.78 Å². The van der Waals surface area contributed by atoms with E-state index in [0.717, 1.165) is 12.1 Å². The number of benzene rings is 2. The van der Waals surface area contributed by atoms with Gasteiger partial charge in [-0.3, -0.25) is 0 Å². The van der Waals surface area contributed by atoms with Gasteiger partial charge in [-0.1, -0.05) is 40.9 Å². The predicted octanol–water partition coefficient (Wildman–Crippen LogP) is 4.97. The predicted molar refractivity (Wildman–Crippen MR) is 73.9 cm³/mol. The highest BCUT2D eigenvalue weighted by atomic mass is 35.5. The minimum atomic E-state index is -1.04. The maximum Gasteiger partial charge on any atom is 0.160 e. The summed E-state index contributed by atoms with van der Waals surface area (Å²) in [7, 11) is 0. The highest BCUT2D eigenvalue weighted by molar-refractivity contribution is 6.36. The molecule has 1 atom stereocenters. The molecule has 1 nitrogen and oxygen atoms in total. The lowest BCUT2D eigenvalue weighted by Gasteiger charge is -2.17. The Bertz CT molecular complexity index is 611. The second kappa shape index (κ2) is 5.63. The van der Waals surface area contributed by atoms with Crippen molar-refractivity contribution in [3.63, 3.8) is 0 Å². The fourth-order valence-corrected chi connectivity index (χ4v) is 2.64. The van der Waals surface area contributed by atoms with E-state index in [1.807, 2.05) is 0 Å². The second-order valence-electron chi connectivity index (χ2n) is 3.90. The molecule has 2 aromatic carbocycles. The first-order valence-corrected chi connectivity index (χ1v) is 6.39. The van der Waals surface area contributed by atoms with E-state index in [4.69, 9.17) is 40.5 Å². The number of rotatable bonds is 2. The molecule has 1 unspecified atom stereocenters. The van der Waals surface area contributed by atoms with Crippen LogP contribution in [0.5, 0.6) is 0 Å². The Labute approximate surface area is 123 Å². The van der Waals surface area contributed by atoms with E-state index in [1.54, 1.807) is 18.2 Å². The van der Waals surface area contributed by atoms with E-state index < -0.39 is 17.7 Å². The lowest BCUT2D eigenvalue weighted by Crippen LogP contribution is -2.14. The van der Waals surface area contributed by atoms with Crippen molar-refractivity contribution in [3.8, 4) is 0 Å². The van der Waals surface area contributed by atoms with Crippen LogP contribution in [-0.2, 0) is 0 Å². The molecule has 0 saturated carbocycles. The fraction of sp³-hybridized carbons (Fsp3) is 0.0769. The van der Waals surface area contributed by atoms with Crippen LogP contribution < -0.4 is 5.73 Å². The molecule has 0 aliphatic heterocycles. The van der Waals surface area contributed by atoms with Crippen LogP contribution in [0.1, 0.15) is 17.2 Å². The SMILES string of the molecule is NC(c1cc(F)c(F)cc1Cl)c1c(Cl)cccc1Cl. The van der Waals surface area contributed by atoms with Gasteiger partial charge in [0, 0.05) is 20.6 Å². The quantitative estimate of drug-likeness (QED) is 0.776. The molecule has 2 rings (SSSR count). The topological polar surface area (TPSA) is 26.0 Å². The molecule has 2 aromatic rings. The maximum absolute atomic E-state index is 13.3. The third-order valence-electron chi connectivity index (χ3n) is 2.69. The van der Waals surface area contributed by atoms with Crippen molar-refractivity contribution in [3.05, 3.63) is 68.2 Å². The Kier molecular flexibility index (Phi) is 4.31. The minimum absolute atomic E-state index is 0.0161. The van der Waals surface area contributed by atoms with E-state index in [1.165, 1.54) is 0 Å². The zero-order valence-corrected chi connectivity index (χ0v) is 11.7. The number of nitrogens with two attached hydrogens (primary N) is 1. The Morgan fingerprint density at radius 1 is 0.895 bits per heavy atom. The molecule has 0 aliphatic rings. The molecule has 0 heterocycles. The maximum atomic E-state index is 13.3. The zero-order valence-electron chi connectivity index (χ0n) is 9.43. The zero-order chi connectivity index (χ0) is 14.2. The van der Waals surface area contributed by atoms with Gasteiger partial charge in [0.15, 0.2) is 11.6 Å². The van der Waals surface area contributed by atoms with Crippen molar-refractivity contribution in [1.29, 1.82) is 0 Å². The van der Waals surface area contributed by atoms with E-state index in [-0.39, 0.29) is 10.6 Å².